The van der Waals surface area contributed by atoms with Gasteiger partial charge in [0.25, 0.3) is 5.69 Å². The summed E-state index contributed by atoms with van der Waals surface area (Å²) in [4.78, 5) is 14.6. The second kappa shape index (κ2) is 6.45. The van der Waals surface area contributed by atoms with Gasteiger partial charge in [0.2, 0.25) is 11.7 Å². The Labute approximate surface area is 122 Å². The Kier molecular flexibility index (Phi) is 4.64. The molecule has 0 aliphatic rings. The van der Waals surface area contributed by atoms with E-state index in [2.05, 4.69) is 22.4 Å². The molecule has 1 aromatic carbocycles. The fourth-order valence-electron chi connectivity index (χ4n) is 1.98. The molecule has 1 N–H and O–H groups in total. The van der Waals surface area contributed by atoms with Gasteiger partial charge in [-0.05, 0) is 25.6 Å². The number of hydrogen-bond donors (Lipinski definition) is 1. The van der Waals surface area contributed by atoms with E-state index < -0.39 is 4.92 Å². The number of likely N-dealkylation sites (N-methyl/N-ethyl adjacent to an activating group) is 1. The average Bonchev–Trinajstić information content (AvgIpc) is 2.96. The van der Waals surface area contributed by atoms with Crippen LogP contribution in [0.4, 0.5) is 5.69 Å². The lowest BCUT2D eigenvalue weighted by Gasteiger charge is -2.16. The van der Waals surface area contributed by atoms with Gasteiger partial charge in [0.15, 0.2) is 0 Å². The molecule has 1 heterocycles. The monoisotopic (exact) mass is 290 g/mol. The molecule has 112 valence electrons. The molecule has 0 aliphatic carbocycles. The molecular weight excluding hydrogens is 272 g/mol. The fraction of sp³-hybridized carbons (Fsp3) is 0.429. The summed E-state index contributed by atoms with van der Waals surface area (Å²) in [5.41, 5.74) is 0.732. The minimum Gasteiger partial charge on any atom is -0.339 e. The molecule has 0 bridgehead atoms. The second-order valence-electron chi connectivity index (χ2n) is 4.90. The Bertz CT molecular complexity index is 609. The summed E-state index contributed by atoms with van der Waals surface area (Å²) in [6, 6.07) is 6.31. The van der Waals surface area contributed by atoms with E-state index in [4.69, 9.17) is 4.52 Å². The standard InChI is InChI=1S/C14H18N4O3/c1-4-15-10(3)9(2)14-16-13(17-21-14)11-5-7-12(8-6-11)18(19)20/h5-10,15H,4H2,1-3H3. The molecule has 7 heteroatoms. The van der Waals surface area contributed by atoms with Crippen molar-refractivity contribution in [3.8, 4) is 11.4 Å². The zero-order valence-electron chi connectivity index (χ0n) is 12.2. The van der Waals surface area contributed by atoms with Crippen LogP contribution < -0.4 is 5.32 Å². The molecule has 2 atom stereocenters. The molecule has 0 fully saturated rings. The molecule has 0 spiro atoms. The summed E-state index contributed by atoms with van der Waals surface area (Å²) in [6.07, 6.45) is 0. The van der Waals surface area contributed by atoms with Crippen LogP contribution in [0.2, 0.25) is 0 Å². The fourth-order valence-corrected chi connectivity index (χ4v) is 1.98. The lowest BCUT2D eigenvalue weighted by molar-refractivity contribution is -0.384. The second-order valence-corrected chi connectivity index (χ2v) is 4.90. The van der Waals surface area contributed by atoms with Crippen molar-refractivity contribution in [2.75, 3.05) is 6.54 Å². The molecule has 0 saturated carbocycles. The molecule has 2 aromatic rings. The third-order valence-corrected chi connectivity index (χ3v) is 3.44. The number of nitro groups is 1. The van der Waals surface area contributed by atoms with E-state index in [9.17, 15) is 10.1 Å². The Morgan fingerprint density at radius 3 is 2.57 bits per heavy atom. The van der Waals surface area contributed by atoms with E-state index in [1.807, 2.05) is 13.8 Å². The van der Waals surface area contributed by atoms with Crippen LogP contribution in [0.25, 0.3) is 11.4 Å². The van der Waals surface area contributed by atoms with Crippen LogP contribution in [-0.2, 0) is 0 Å². The number of non-ortho nitro benzene ring substituents is 1. The maximum absolute atomic E-state index is 10.6. The number of rotatable bonds is 6. The third-order valence-electron chi connectivity index (χ3n) is 3.44. The van der Waals surface area contributed by atoms with E-state index >= 15 is 0 Å². The van der Waals surface area contributed by atoms with Gasteiger partial charge in [-0.1, -0.05) is 19.0 Å². The summed E-state index contributed by atoms with van der Waals surface area (Å²) in [7, 11) is 0. The largest absolute Gasteiger partial charge is 0.339 e. The summed E-state index contributed by atoms with van der Waals surface area (Å²) >= 11 is 0. The van der Waals surface area contributed by atoms with Crippen LogP contribution >= 0.6 is 0 Å². The first-order valence-electron chi connectivity index (χ1n) is 6.84. The predicted octanol–water partition coefficient (Wildman–Crippen LogP) is 2.75. The first-order chi connectivity index (χ1) is 10.0. The van der Waals surface area contributed by atoms with E-state index in [1.54, 1.807) is 12.1 Å². The number of hydrogen-bond acceptors (Lipinski definition) is 6. The van der Waals surface area contributed by atoms with Gasteiger partial charge in [-0.3, -0.25) is 10.1 Å². The van der Waals surface area contributed by atoms with Gasteiger partial charge < -0.3 is 9.84 Å². The van der Waals surface area contributed by atoms with E-state index in [0.29, 0.717) is 17.3 Å². The highest BCUT2D eigenvalue weighted by Crippen LogP contribution is 2.23. The normalized spacial score (nSPS) is 13.9. The molecule has 2 rings (SSSR count). The molecule has 0 amide bonds. The summed E-state index contributed by atoms with van der Waals surface area (Å²) < 4.78 is 5.29. The van der Waals surface area contributed by atoms with E-state index in [0.717, 1.165) is 6.54 Å². The lowest BCUT2D eigenvalue weighted by atomic mass is 10.0. The highest BCUT2D eigenvalue weighted by molar-refractivity contribution is 5.56. The third kappa shape index (κ3) is 3.43. The number of benzene rings is 1. The summed E-state index contributed by atoms with van der Waals surface area (Å²) in [5, 5.41) is 17.9. The van der Waals surface area contributed by atoms with Crippen molar-refractivity contribution in [1.82, 2.24) is 15.5 Å². The van der Waals surface area contributed by atoms with Gasteiger partial charge in [0.05, 0.1) is 10.8 Å². The Morgan fingerprint density at radius 1 is 1.33 bits per heavy atom. The molecule has 0 saturated heterocycles. The van der Waals surface area contributed by atoms with Crippen LogP contribution in [0.5, 0.6) is 0 Å². The lowest BCUT2D eigenvalue weighted by Crippen LogP contribution is -2.30. The van der Waals surface area contributed by atoms with E-state index in [-0.39, 0.29) is 17.6 Å². The Hall–Kier alpha value is -2.28. The smallest absolute Gasteiger partial charge is 0.269 e. The quantitative estimate of drug-likeness (QED) is 0.649. The molecule has 0 aliphatic heterocycles. The van der Waals surface area contributed by atoms with Gasteiger partial charge >= 0.3 is 0 Å². The summed E-state index contributed by atoms with van der Waals surface area (Å²) in [6.45, 7) is 6.98. The van der Waals surface area contributed by atoms with Crippen LogP contribution in [-0.4, -0.2) is 27.7 Å². The maximum Gasteiger partial charge on any atom is 0.269 e. The molecule has 21 heavy (non-hydrogen) atoms. The zero-order chi connectivity index (χ0) is 15.4. The van der Waals surface area contributed by atoms with Gasteiger partial charge in [0, 0.05) is 23.7 Å². The number of nitrogens with one attached hydrogen (secondary N) is 1. The van der Waals surface area contributed by atoms with Crippen molar-refractivity contribution in [1.29, 1.82) is 0 Å². The Balaban J connectivity index is 2.17. The zero-order valence-corrected chi connectivity index (χ0v) is 12.2. The average molecular weight is 290 g/mol. The molecular formula is C14H18N4O3. The predicted molar refractivity (Wildman–Crippen MR) is 77.9 cm³/mol. The summed E-state index contributed by atoms with van der Waals surface area (Å²) in [5.74, 6) is 1.08. The SMILES string of the molecule is CCNC(C)C(C)c1nc(-c2ccc([N+](=O)[O-])cc2)no1. The van der Waals surface area contributed by atoms with Crippen molar-refractivity contribution < 1.29 is 9.45 Å². The topological polar surface area (TPSA) is 94.1 Å². The maximum atomic E-state index is 10.6. The first-order valence-corrected chi connectivity index (χ1v) is 6.84. The van der Waals surface area contributed by atoms with Gasteiger partial charge in [-0.15, -0.1) is 0 Å². The molecule has 2 unspecified atom stereocenters. The van der Waals surface area contributed by atoms with Crippen LogP contribution in [0, 0.1) is 10.1 Å². The van der Waals surface area contributed by atoms with Crippen molar-refractivity contribution >= 4 is 5.69 Å². The van der Waals surface area contributed by atoms with Crippen LogP contribution in [0.3, 0.4) is 0 Å². The molecule has 7 nitrogen and oxygen atoms in total. The van der Waals surface area contributed by atoms with Gasteiger partial charge in [-0.25, -0.2) is 0 Å². The van der Waals surface area contributed by atoms with Crippen molar-refractivity contribution in [3.05, 3.63) is 40.3 Å². The van der Waals surface area contributed by atoms with Crippen LogP contribution in [0.1, 0.15) is 32.6 Å². The number of nitrogens with zero attached hydrogens (tertiary/aromatic N) is 3. The molecule has 0 radical (unpaired) electrons. The van der Waals surface area contributed by atoms with Crippen molar-refractivity contribution in [2.24, 2.45) is 0 Å². The van der Waals surface area contributed by atoms with Crippen LogP contribution in [0.15, 0.2) is 28.8 Å². The Morgan fingerprint density at radius 2 is 2.00 bits per heavy atom. The number of nitro benzene ring substituents is 1. The van der Waals surface area contributed by atoms with E-state index in [1.165, 1.54) is 12.1 Å². The van der Waals surface area contributed by atoms with Crippen molar-refractivity contribution in [3.63, 3.8) is 0 Å². The number of aromatic nitrogens is 2. The highest BCUT2D eigenvalue weighted by Gasteiger charge is 2.20. The van der Waals surface area contributed by atoms with Crippen molar-refractivity contribution in [2.45, 2.75) is 32.7 Å². The minimum atomic E-state index is -0.439. The minimum absolute atomic E-state index is 0.0385. The highest BCUT2D eigenvalue weighted by atomic mass is 16.6. The van der Waals surface area contributed by atoms with Gasteiger partial charge in [0.1, 0.15) is 0 Å². The molecule has 1 aromatic heterocycles. The van der Waals surface area contributed by atoms with Gasteiger partial charge in [-0.2, -0.15) is 4.98 Å². The first kappa shape index (κ1) is 15.1.